The van der Waals surface area contributed by atoms with Crippen LogP contribution in [0.5, 0.6) is 0 Å². The van der Waals surface area contributed by atoms with Gasteiger partial charge in [-0.2, -0.15) is 4.98 Å². The molecule has 4 rings (SSSR count). The van der Waals surface area contributed by atoms with E-state index in [1.54, 1.807) is 0 Å². The molecule has 106 valence electrons. The number of anilines is 2. The number of hydrogen-bond acceptors (Lipinski definition) is 7. The molecule has 3 aliphatic rings. The maximum atomic E-state index is 11.0. The summed E-state index contributed by atoms with van der Waals surface area (Å²) in [6.07, 6.45) is 5.16. The maximum absolute atomic E-state index is 11.0. The first kappa shape index (κ1) is 11.8. The van der Waals surface area contributed by atoms with Crippen molar-refractivity contribution in [3.63, 3.8) is 0 Å². The fraction of sp³-hybridized carbons (Fsp3) is 0.667. The Bertz CT molecular complexity index is 563. The van der Waals surface area contributed by atoms with Crippen LogP contribution in [-0.2, 0) is 0 Å². The van der Waals surface area contributed by atoms with Gasteiger partial charge in [0.05, 0.1) is 4.92 Å². The van der Waals surface area contributed by atoms with E-state index < -0.39 is 4.92 Å². The first-order chi connectivity index (χ1) is 9.69. The Balaban J connectivity index is 1.58. The van der Waals surface area contributed by atoms with Gasteiger partial charge in [-0.05, 0) is 42.9 Å². The molecule has 8 nitrogen and oxygen atoms in total. The zero-order chi connectivity index (χ0) is 13.9. The third kappa shape index (κ3) is 1.57. The van der Waals surface area contributed by atoms with Gasteiger partial charge in [0, 0.05) is 6.04 Å². The van der Waals surface area contributed by atoms with E-state index in [9.17, 15) is 10.1 Å². The van der Waals surface area contributed by atoms with E-state index in [2.05, 4.69) is 20.7 Å². The molecular formula is C12H16N6O2. The summed E-state index contributed by atoms with van der Waals surface area (Å²) in [5.74, 6) is 8.69. The monoisotopic (exact) mass is 276 g/mol. The molecule has 4 unspecified atom stereocenters. The van der Waals surface area contributed by atoms with Gasteiger partial charge in [-0.15, -0.1) is 0 Å². The lowest BCUT2D eigenvalue weighted by Crippen LogP contribution is -2.17. The largest absolute Gasteiger partial charge is 0.361 e. The minimum absolute atomic E-state index is 0.0960. The standard InChI is InChI=1S/C12H16N6O2/c13-17-12-14-4-7(18(19)20)11(16-12)15-10-8-5-1-2-6(3-5)9(8)10/h4-6,8-10H,1-3,13H2,(H2,14,15,16,17). The zero-order valence-corrected chi connectivity index (χ0v) is 10.8. The van der Waals surface area contributed by atoms with Crippen LogP contribution in [0.15, 0.2) is 6.20 Å². The highest BCUT2D eigenvalue weighted by Crippen LogP contribution is 2.66. The Labute approximate surface area is 115 Å². The minimum Gasteiger partial charge on any atom is -0.361 e. The number of nitrogen functional groups attached to an aromatic ring is 1. The molecule has 3 saturated carbocycles. The van der Waals surface area contributed by atoms with Crippen molar-refractivity contribution in [1.82, 2.24) is 9.97 Å². The molecule has 1 heterocycles. The van der Waals surface area contributed by atoms with E-state index in [1.807, 2.05) is 0 Å². The average Bonchev–Trinajstić information content (AvgIpc) is 2.84. The van der Waals surface area contributed by atoms with Crippen molar-refractivity contribution in [2.75, 3.05) is 10.7 Å². The molecule has 8 heteroatoms. The van der Waals surface area contributed by atoms with Crippen molar-refractivity contribution in [1.29, 1.82) is 0 Å². The van der Waals surface area contributed by atoms with E-state index >= 15 is 0 Å². The normalized spacial score (nSPS) is 36.5. The number of fused-ring (bicyclic) bond motifs is 5. The molecule has 0 aromatic carbocycles. The van der Waals surface area contributed by atoms with Crippen LogP contribution in [0.4, 0.5) is 17.5 Å². The highest BCUT2D eigenvalue weighted by molar-refractivity contribution is 5.58. The van der Waals surface area contributed by atoms with E-state index in [4.69, 9.17) is 5.84 Å². The Morgan fingerprint density at radius 1 is 1.35 bits per heavy atom. The van der Waals surface area contributed by atoms with E-state index in [0.717, 1.165) is 11.8 Å². The number of hydrogen-bond donors (Lipinski definition) is 3. The Hall–Kier alpha value is -1.96. The van der Waals surface area contributed by atoms with Gasteiger partial charge >= 0.3 is 5.69 Å². The highest BCUT2D eigenvalue weighted by atomic mass is 16.6. The SMILES string of the molecule is NNc1ncc([N+](=O)[O-])c(NC2C3C4CCC(C4)C23)n1. The van der Waals surface area contributed by atoms with Gasteiger partial charge in [0.2, 0.25) is 11.8 Å². The van der Waals surface area contributed by atoms with Crippen LogP contribution >= 0.6 is 0 Å². The molecule has 0 radical (unpaired) electrons. The summed E-state index contributed by atoms with van der Waals surface area (Å²) in [6, 6.07) is 0.334. The summed E-state index contributed by atoms with van der Waals surface area (Å²) < 4.78 is 0. The van der Waals surface area contributed by atoms with Gasteiger partial charge in [-0.25, -0.2) is 10.8 Å². The molecule has 1 aromatic heterocycles. The summed E-state index contributed by atoms with van der Waals surface area (Å²) in [4.78, 5) is 18.5. The van der Waals surface area contributed by atoms with E-state index in [1.165, 1.54) is 25.5 Å². The molecule has 0 saturated heterocycles. The third-order valence-corrected chi connectivity index (χ3v) is 5.13. The summed E-state index contributed by atoms with van der Waals surface area (Å²) in [5.41, 5.74) is 2.23. The molecule has 20 heavy (non-hydrogen) atoms. The van der Waals surface area contributed by atoms with Crippen LogP contribution in [-0.4, -0.2) is 20.9 Å². The van der Waals surface area contributed by atoms with Crippen molar-refractivity contribution in [3.05, 3.63) is 16.3 Å². The predicted molar refractivity (Wildman–Crippen MR) is 71.7 cm³/mol. The minimum atomic E-state index is -0.463. The van der Waals surface area contributed by atoms with Crippen LogP contribution in [0, 0.1) is 33.8 Å². The van der Waals surface area contributed by atoms with Crippen molar-refractivity contribution >= 4 is 17.5 Å². The van der Waals surface area contributed by atoms with Crippen LogP contribution in [0.25, 0.3) is 0 Å². The smallest absolute Gasteiger partial charge is 0.329 e. The fourth-order valence-corrected chi connectivity index (χ4v) is 4.36. The zero-order valence-electron chi connectivity index (χ0n) is 10.8. The van der Waals surface area contributed by atoms with Crippen molar-refractivity contribution in [2.45, 2.75) is 25.3 Å². The molecule has 3 aliphatic carbocycles. The van der Waals surface area contributed by atoms with E-state index in [0.29, 0.717) is 17.9 Å². The molecule has 0 aliphatic heterocycles. The topological polar surface area (TPSA) is 119 Å². The maximum Gasteiger partial charge on any atom is 0.329 e. The second-order valence-electron chi connectivity index (χ2n) is 5.99. The van der Waals surface area contributed by atoms with Gasteiger partial charge in [-0.3, -0.25) is 15.5 Å². The second kappa shape index (κ2) is 4.02. The summed E-state index contributed by atoms with van der Waals surface area (Å²) >= 11 is 0. The van der Waals surface area contributed by atoms with Crippen LogP contribution in [0.3, 0.4) is 0 Å². The van der Waals surface area contributed by atoms with Gasteiger partial charge in [0.25, 0.3) is 0 Å². The summed E-state index contributed by atoms with van der Waals surface area (Å²) in [5, 5.41) is 14.3. The summed E-state index contributed by atoms with van der Waals surface area (Å²) in [7, 11) is 0. The molecular weight excluding hydrogens is 260 g/mol. The molecule has 0 spiro atoms. The number of nitrogens with two attached hydrogens (primary N) is 1. The Kier molecular flexibility index (Phi) is 2.38. The van der Waals surface area contributed by atoms with Crippen LogP contribution < -0.4 is 16.6 Å². The quantitative estimate of drug-likeness (QED) is 0.428. The van der Waals surface area contributed by atoms with Gasteiger partial charge in [0.15, 0.2) is 0 Å². The van der Waals surface area contributed by atoms with Crippen molar-refractivity contribution < 1.29 is 4.92 Å². The summed E-state index contributed by atoms with van der Waals surface area (Å²) in [6.45, 7) is 0. The van der Waals surface area contributed by atoms with Crippen molar-refractivity contribution in [3.8, 4) is 0 Å². The number of nitrogens with zero attached hydrogens (tertiary/aromatic N) is 3. The number of aromatic nitrogens is 2. The van der Waals surface area contributed by atoms with Gasteiger partial charge in [0.1, 0.15) is 6.20 Å². The molecule has 1 aromatic rings. The van der Waals surface area contributed by atoms with Crippen LogP contribution in [0.1, 0.15) is 19.3 Å². The second-order valence-corrected chi connectivity index (χ2v) is 5.99. The van der Waals surface area contributed by atoms with Crippen molar-refractivity contribution in [2.24, 2.45) is 29.5 Å². The Morgan fingerprint density at radius 2 is 2.05 bits per heavy atom. The molecule has 4 N–H and O–H groups in total. The van der Waals surface area contributed by atoms with E-state index in [-0.39, 0.29) is 17.5 Å². The highest BCUT2D eigenvalue weighted by Gasteiger charge is 2.65. The first-order valence-corrected chi connectivity index (χ1v) is 6.93. The molecule has 3 fully saturated rings. The first-order valence-electron chi connectivity index (χ1n) is 6.93. The van der Waals surface area contributed by atoms with Gasteiger partial charge in [-0.1, -0.05) is 0 Å². The molecule has 4 atom stereocenters. The fourth-order valence-electron chi connectivity index (χ4n) is 4.36. The molecule has 2 bridgehead atoms. The van der Waals surface area contributed by atoms with Crippen LogP contribution in [0.2, 0.25) is 0 Å². The third-order valence-electron chi connectivity index (χ3n) is 5.13. The van der Waals surface area contributed by atoms with Gasteiger partial charge < -0.3 is 5.32 Å². The number of nitro groups is 1. The lowest BCUT2D eigenvalue weighted by molar-refractivity contribution is -0.384. The predicted octanol–water partition coefficient (Wildman–Crippen LogP) is 1.13. The number of nitrogens with one attached hydrogen (secondary N) is 2. The number of rotatable bonds is 4. The Morgan fingerprint density at radius 3 is 2.65 bits per heavy atom. The molecule has 0 amide bonds. The number of hydrazine groups is 1. The lowest BCUT2D eigenvalue weighted by Gasteiger charge is -2.11. The average molecular weight is 276 g/mol. The lowest BCUT2D eigenvalue weighted by atomic mass is 10.0.